The lowest BCUT2D eigenvalue weighted by Gasteiger charge is -2.13. The molecule has 0 aromatic heterocycles. The van der Waals surface area contributed by atoms with Gasteiger partial charge in [-0.25, -0.2) is 0 Å². The Kier molecular flexibility index (Phi) is 2.43. The van der Waals surface area contributed by atoms with Crippen LogP contribution in [0.3, 0.4) is 0 Å². The van der Waals surface area contributed by atoms with E-state index in [-0.39, 0.29) is 0 Å². The van der Waals surface area contributed by atoms with E-state index in [2.05, 4.69) is 29.0 Å². The Bertz CT molecular complexity index is 46.1. The lowest BCUT2D eigenvalue weighted by atomic mass is 10.0. The molecule has 1 fully saturated rings. The SMILES string of the molecule is IC1C[CH]CCC1. The van der Waals surface area contributed by atoms with E-state index in [1.54, 1.807) is 0 Å². The maximum absolute atomic E-state index is 2.53. The van der Waals surface area contributed by atoms with Crippen molar-refractivity contribution in [3.05, 3.63) is 6.42 Å². The van der Waals surface area contributed by atoms with Gasteiger partial charge in [0.05, 0.1) is 0 Å². The van der Waals surface area contributed by atoms with Gasteiger partial charge in [-0.05, 0) is 19.3 Å². The zero-order chi connectivity index (χ0) is 5.11. The van der Waals surface area contributed by atoms with Crippen LogP contribution in [0.2, 0.25) is 0 Å². The summed E-state index contributed by atoms with van der Waals surface area (Å²) in [4.78, 5) is 0. The van der Waals surface area contributed by atoms with Crippen LogP contribution < -0.4 is 0 Å². The van der Waals surface area contributed by atoms with Gasteiger partial charge in [0, 0.05) is 3.92 Å². The van der Waals surface area contributed by atoms with Crippen LogP contribution in [-0.2, 0) is 0 Å². The smallest absolute Gasteiger partial charge is 0.0112 e. The molecule has 1 radical (unpaired) electrons. The van der Waals surface area contributed by atoms with Crippen LogP contribution in [0.25, 0.3) is 0 Å². The highest BCUT2D eigenvalue weighted by molar-refractivity contribution is 14.1. The van der Waals surface area contributed by atoms with Crippen molar-refractivity contribution in [1.82, 2.24) is 0 Å². The highest BCUT2D eigenvalue weighted by Gasteiger charge is 2.07. The van der Waals surface area contributed by atoms with Gasteiger partial charge in [0.25, 0.3) is 0 Å². The van der Waals surface area contributed by atoms with Gasteiger partial charge in [-0.2, -0.15) is 0 Å². The third-order valence-corrected chi connectivity index (χ3v) is 2.48. The Morgan fingerprint density at radius 2 is 2.43 bits per heavy atom. The van der Waals surface area contributed by atoms with Crippen LogP contribution >= 0.6 is 22.6 Å². The van der Waals surface area contributed by atoms with Gasteiger partial charge in [0.15, 0.2) is 0 Å². The van der Waals surface area contributed by atoms with Gasteiger partial charge in [-0.15, -0.1) is 0 Å². The van der Waals surface area contributed by atoms with Gasteiger partial charge in [-0.3, -0.25) is 0 Å². The molecule has 1 aliphatic carbocycles. The van der Waals surface area contributed by atoms with Crippen LogP contribution in [0.4, 0.5) is 0 Å². The van der Waals surface area contributed by atoms with E-state index in [1.807, 2.05) is 0 Å². The molecule has 1 aliphatic rings. The van der Waals surface area contributed by atoms with Crippen molar-refractivity contribution < 1.29 is 0 Å². The molecule has 0 saturated heterocycles. The van der Waals surface area contributed by atoms with E-state index >= 15 is 0 Å². The predicted molar refractivity (Wildman–Crippen MR) is 40.6 cm³/mol. The minimum absolute atomic E-state index is 0.950. The van der Waals surface area contributed by atoms with Crippen molar-refractivity contribution >= 4 is 22.6 Å². The number of hydrogen-bond donors (Lipinski definition) is 0. The maximum Gasteiger partial charge on any atom is 0.0112 e. The molecular formula is C6H10I. The number of rotatable bonds is 0. The first-order valence-electron chi connectivity index (χ1n) is 2.85. The highest BCUT2D eigenvalue weighted by Crippen LogP contribution is 2.22. The molecule has 0 aromatic carbocycles. The number of halogens is 1. The van der Waals surface area contributed by atoms with Crippen LogP contribution in [0.5, 0.6) is 0 Å². The summed E-state index contributed by atoms with van der Waals surface area (Å²) in [6.45, 7) is 0. The summed E-state index contributed by atoms with van der Waals surface area (Å²) in [6, 6.07) is 0. The summed E-state index contributed by atoms with van der Waals surface area (Å²) >= 11 is 2.53. The van der Waals surface area contributed by atoms with Gasteiger partial charge < -0.3 is 0 Å². The summed E-state index contributed by atoms with van der Waals surface area (Å²) < 4.78 is 0.950. The molecule has 1 saturated carbocycles. The first-order chi connectivity index (χ1) is 3.39. The average molecular weight is 209 g/mol. The van der Waals surface area contributed by atoms with Crippen molar-refractivity contribution in [2.75, 3.05) is 0 Å². The van der Waals surface area contributed by atoms with Crippen molar-refractivity contribution in [2.24, 2.45) is 0 Å². The molecular weight excluding hydrogens is 199 g/mol. The molecule has 7 heavy (non-hydrogen) atoms. The molecule has 1 rings (SSSR count). The van der Waals surface area contributed by atoms with E-state index in [0.29, 0.717) is 0 Å². The third-order valence-electron chi connectivity index (χ3n) is 1.35. The van der Waals surface area contributed by atoms with E-state index in [9.17, 15) is 0 Å². The lowest BCUT2D eigenvalue weighted by Crippen LogP contribution is -2.03. The van der Waals surface area contributed by atoms with Gasteiger partial charge in [-0.1, -0.05) is 35.4 Å². The minimum Gasteiger partial charge on any atom is -0.0826 e. The van der Waals surface area contributed by atoms with E-state index in [1.165, 1.54) is 25.7 Å². The quantitative estimate of drug-likeness (QED) is 0.424. The molecule has 0 N–H and O–H groups in total. The zero-order valence-corrected chi connectivity index (χ0v) is 6.52. The number of alkyl halides is 1. The molecule has 1 unspecified atom stereocenters. The van der Waals surface area contributed by atoms with E-state index in [4.69, 9.17) is 0 Å². The Labute approximate surface area is 58.8 Å². The normalized spacial score (nSPS) is 25.3. The van der Waals surface area contributed by atoms with Crippen LogP contribution in [0, 0.1) is 6.42 Å². The highest BCUT2D eigenvalue weighted by atomic mass is 127. The van der Waals surface area contributed by atoms with Gasteiger partial charge >= 0.3 is 0 Å². The van der Waals surface area contributed by atoms with Crippen molar-refractivity contribution in [1.29, 1.82) is 0 Å². The topological polar surface area (TPSA) is 0 Å². The van der Waals surface area contributed by atoms with Crippen LogP contribution in [0.1, 0.15) is 25.7 Å². The zero-order valence-electron chi connectivity index (χ0n) is 4.36. The molecule has 0 aliphatic heterocycles. The Morgan fingerprint density at radius 1 is 1.57 bits per heavy atom. The molecule has 0 bridgehead atoms. The summed E-state index contributed by atoms with van der Waals surface area (Å²) in [7, 11) is 0. The average Bonchev–Trinajstić information content (AvgIpc) is 1.69. The van der Waals surface area contributed by atoms with Gasteiger partial charge in [0.1, 0.15) is 0 Å². The molecule has 1 atom stereocenters. The molecule has 0 amide bonds. The maximum atomic E-state index is 2.53. The second-order valence-electron chi connectivity index (χ2n) is 2.05. The Hall–Kier alpha value is 0.730. The minimum atomic E-state index is 0.950. The van der Waals surface area contributed by atoms with Crippen molar-refractivity contribution in [3.63, 3.8) is 0 Å². The largest absolute Gasteiger partial charge is 0.0826 e. The second kappa shape index (κ2) is 2.90. The Morgan fingerprint density at radius 3 is 2.71 bits per heavy atom. The summed E-state index contributed by atoms with van der Waals surface area (Å²) in [6.07, 6.45) is 7.98. The fourth-order valence-electron chi connectivity index (χ4n) is 0.900. The van der Waals surface area contributed by atoms with Crippen LogP contribution in [0.15, 0.2) is 0 Å². The number of hydrogen-bond acceptors (Lipinski definition) is 0. The first kappa shape index (κ1) is 5.86. The molecule has 1 heteroatoms. The summed E-state index contributed by atoms with van der Waals surface area (Å²) in [5.41, 5.74) is 0. The predicted octanol–water partition coefficient (Wildman–Crippen LogP) is 2.57. The lowest BCUT2D eigenvalue weighted by molar-refractivity contribution is 0.621. The monoisotopic (exact) mass is 209 g/mol. The van der Waals surface area contributed by atoms with Crippen molar-refractivity contribution in [3.8, 4) is 0 Å². The van der Waals surface area contributed by atoms with Crippen LogP contribution in [-0.4, -0.2) is 3.92 Å². The molecule has 0 aromatic rings. The molecule has 0 nitrogen and oxygen atoms in total. The third kappa shape index (κ3) is 1.98. The molecule has 41 valence electrons. The van der Waals surface area contributed by atoms with Gasteiger partial charge in [0.2, 0.25) is 0 Å². The summed E-state index contributed by atoms with van der Waals surface area (Å²) in [5.74, 6) is 0. The fourth-order valence-corrected chi connectivity index (χ4v) is 1.70. The van der Waals surface area contributed by atoms with E-state index < -0.39 is 0 Å². The van der Waals surface area contributed by atoms with Crippen molar-refractivity contribution in [2.45, 2.75) is 29.6 Å². The molecule has 0 spiro atoms. The van der Waals surface area contributed by atoms with E-state index in [0.717, 1.165) is 3.92 Å². The first-order valence-corrected chi connectivity index (χ1v) is 4.10. The standard InChI is InChI=1S/C6H10I/c7-6-4-2-1-3-5-6/h2,6H,1,3-5H2. The Balaban J connectivity index is 2.12. The fraction of sp³-hybridized carbons (Fsp3) is 0.833. The molecule has 0 heterocycles. The second-order valence-corrected chi connectivity index (χ2v) is 3.81. The summed E-state index contributed by atoms with van der Waals surface area (Å²) in [5, 5.41) is 0.